The van der Waals surface area contributed by atoms with Gasteiger partial charge in [-0.1, -0.05) is 30.0 Å². The number of methoxy groups -OCH3 is 1. The summed E-state index contributed by atoms with van der Waals surface area (Å²) in [6.07, 6.45) is 1.75. The first-order valence-electron chi connectivity index (χ1n) is 8.63. The second kappa shape index (κ2) is 8.66. The zero-order chi connectivity index (χ0) is 21.3. The molecule has 2 aromatic rings. The maximum Gasteiger partial charge on any atom is 0.343 e. The normalized spacial score (nSPS) is 16.3. The molecule has 2 aliphatic heterocycles. The molecular formula is C20H14BrNO6S2. The van der Waals surface area contributed by atoms with Gasteiger partial charge in [-0.05, 0) is 51.8 Å². The van der Waals surface area contributed by atoms with E-state index >= 15 is 0 Å². The predicted molar refractivity (Wildman–Crippen MR) is 120 cm³/mol. The van der Waals surface area contributed by atoms with E-state index in [2.05, 4.69) is 20.7 Å². The zero-order valence-electron chi connectivity index (χ0n) is 15.5. The summed E-state index contributed by atoms with van der Waals surface area (Å²) in [6, 6.07) is 10.5. The lowest BCUT2D eigenvalue weighted by Gasteiger charge is -2.14. The van der Waals surface area contributed by atoms with Crippen LogP contribution in [-0.2, 0) is 14.3 Å². The lowest BCUT2D eigenvalue weighted by molar-refractivity contribution is -0.142. The van der Waals surface area contributed by atoms with E-state index in [1.54, 1.807) is 42.5 Å². The molecule has 0 aliphatic carbocycles. The molecule has 154 valence electrons. The Morgan fingerprint density at radius 2 is 2.07 bits per heavy atom. The van der Waals surface area contributed by atoms with Gasteiger partial charge >= 0.3 is 5.97 Å². The van der Waals surface area contributed by atoms with Gasteiger partial charge < -0.3 is 18.9 Å². The molecule has 0 unspecified atom stereocenters. The number of thiocarbonyl (C=S) groups is 1. The molecule has 2 heterocycles. The molecule has 0 bridgehead atoms. The number of amides is 1. The van der Waals surface area contributed by atoms with Gasteiger partial charge in [-0.15, -0.1) is 0 Å². The molecule has 10 heteroatoms. The Morgan fingerprint density at radius 1 is 1.27 bits per heavy atom. The number of ether oxygens (including phenoxy) is 4. The monoisotopic (exact) mass is 507 g/mol. The van der Waals surface area contributed by atoms with Crippen LogP contribution in [0.15, 0.2) is 45.8 Å². The van der Waals surface area contributed by atoms with Crippen molar-refractivity contribution >= 4 is 67.9 Å². The fraction of sp³-hybridized carbons (Fsp3) is 0.150. The Hall–Kier alpha value is -2.56. The molecule has 2 aromatic carbocycles. The van der Waals surface area contributed by atoms with E-state index in [1.165, 1.54) is 23.8 Å². The minimum Gasteiger partial charge on any atom is -0.481 e. The van der Waals surface area contributed by atoms with Gasteiger partial charge in [0.05, 0.1) is 22.2 Å². The van der Waals surface area contributed by atoms with E-state index in [9.17, 15) is 9.59 Å². The standard InChI is InChI=1S/C20H14BrNO6S2/c1-25-18(23)9-26-14-4-2-11(6-13(14)21)7-17-19(24)22(20(29)30-17)12-3-5-15-16(8-12)28-10-27-15/h2-8H,9-10H2,1H3/b17-7+. The molecule has 0 N–H and O–H groups in total. The van der Waals surface area contributed by atoms with Crippen molar-refractivity contribution in [3.63, 3.8) is 0 Å². The highest BCUT2D eigenvalue weighted by atomic mass is 79.9. The van der Waals surface area contributed by atoms with Crippen molar-refractivity contribution in [3.8, 4) is 17.2 Å². The SMILES string of the molecule is COC(=O)COc1ccc(/C=C2/SC(=S)N(c3ccc4c(c3)OCO4)C2=O)cc1Br. The minimum absolute atomic E-state index is 0.158. The molecule has 1 saturated heterocycles. The summed E-state index contributed by atoms with van der Waals surface area (Å²) in [6.45, 7) is -0.0338. The molecule has 0 radical (unpaired) electrons. The number of rotatable bonds is 5. The third kappa shape index (κ3) is 4.16. The van der Waals surface area contributed by atoms with Gasteiger partial charge in [-0.25, -0.2) is 4.79 Å². The quantitative estimate of drug-likeness (QED) is 0.339. The van der Waals surface area contributed by atoms with Crippen molar-refractivity contribution in [2.24, 2.45) is 0 Å². The number of carbonyl (C=O) groups excluding carboxylic acids is 2. The fourth-order valence-electron chi connectivity index (χ4n) is 2.79. The Labute approximate surface area is 190 Å². The molecule has 1 amide bonds. The van der Waals surface area contributed by atoms with E-state index in [4.69, 9.17) is 26.4 Å². The van der Waals surface area contributed by atoms with E-state index in [0.717, 1.165) is 5.56 Å². The lowest BCUT2D eigenvalue weighted by Crippen LogP contribution is -2.27. The predicted octanol–water partition coefficient (Wildman–Crippen LogP) is 4.14. The second-order valence-electron chi connectivity index (χ2n) is 6.11. The van der Waals surface area contributed by atoms with Crippen LogP contribution in [0.1, 0.15) is 5.56 Å². The lowest BCUT2D eigenvalue weighted by atomic mass is 10.2. The third-order valence-corrected chi connectivity index (χ3v) is 6.16. The van der Waals surface area contributed by atoms with Crippen LogP contribution in [0.5, 0.6) is 17.2 Å². The highest BCUT2D eigenvalue weighted by molar-refractivity contribution is 9.10. The van der Waals surface area contributed by atoms with Crippen LogP contribution < -0.4 is 19.1 Å². The molecule has 0 saturated carbocycles. The van der Waals surface area contributed by atoms with Gasteiger partial charge in [0.15, 0.2) is 22.4 Å². The summed E-state index contributed by atoms with van der Waals surface area (Å²) < 4.78 is 21.7. The molecule has 2 aliphatic rings. The maximum atomic E-state index is 13.0. The summed E-state index contributed by atoms with van der Waals surface area (Å²) in [5.41, 5.74) is 1.40. The number of fused-ring (bicyclic) bond motifs is 1. The van der Waals surface area contributed by atoms with Crippen molar-refractivity contribution in [2.75, 3.05) is 25.4 Å². The molecule has 4 rings (SSSR count). The summed E-state index contributed by atoms with van der Waals surface area (Å²) in [7, 11) is 1.30. The minimum atomic E-state index is -0.474. The van der Waals surface area contributed by atoms with Crippen molar-refractivity contribution in [1.82, 2.24) is 0 Å². The van der Waals surface area contributed by atoms with Crippen LogP contribution in [0.2, 0.25) is 0 Å². The average Bonchev–Trinajstić information content (AvgIpc) is 3.30. The van der Waals surface area contributed by atoms with Crippen LogP contribution in [0.25, 0.3) is 6.08 Å². The molecule has 0 atom stereocenters. The Kier molecular flexibility index (Phi) is 5.98. The number of esters is 1. The molecule has 0 spiro atoms. The summed E-state index contributed by atoms with van der Waals surface area (Å²) in [4.78, 5) is 26.2. The number of hydrogen-bond acceptors (Lipinski definition) is 8. The van der Waals surface area contributed by atoms with Gasteiger partial charge in [-0.3, -0.25) is 9.69 Å². The van der Waals surface area contributed by atoms with Crippen LogP contribution >= 0.6 is 39.9 Å². The molecule has 7 nitrogen and oxygen atoms in total. The van der Waals surface area contributed by atoms with Gasteiger partial charge in [0.1, 0.15) is 5.75 Å². The van der Waals surface area contributed by atoms with Gasteiger partial charge in [0.25, 0.3) is 5.91 Å². The first kappa shape index (κ1) is 20.7. The van der Waals surface area contributed by atoms with Crippen molar-refractivity contribution in [1.29, 1.82) is 0 Å². The van der Waals surface area contributed by atoms with E-state index in [1.807, 2.05) is 0 Å². The number of anilines is 1. The number of halogens is 1. The summed E-state index contributed by atoms with van der Waals surface area (Å²) in [5, 5.41) is 0. The van der Waals surface area contributed by atoms with Gasteiger partial charge in [0.2, 0.25) is 6.79 Å². The number of carbonyl (C=O) groups is 2. The zero-order valence-corrected chi connectivity index (χ0v) is 18.8. The second-order valence-corrected chi connectivity index (χ2v) is 8.64. The van der Waals surface area contributed by atoms with Crippen molar-refractivity contribution < 1.29 is 28.5 Å². The Morgan fingerprint density at radius 3 is 2.83 bits per heavy atom. The van der Waals surface area contributed by atoms with E-state index in [-0.39, 0.29) is 19.3 Å². The van der Waals surface area contributed by atoms with Crippen LogP contribution in [0, 0.1) is 0 Å². The first-order chi connectivity index (χ1) is 14.5. The van der Waals surface area contributed by atoms with Crippen LogP contribution in [0.4, 0.5) is 5.69 Å². The topological polar surface area (TPSA) is 74.3 Å². The number of nitrogens with zero attached hydrogens (tertiary/aromatic N) is 1. The Bertz CT molecular complexity index is 1090. The van der Waals surface area contributed by atoms with Gasteiger partial charge in [0, 0.05) is 6.07 Å². The number of benzene rings is 2. The Balaban J connectivity index is 1.53. The van der Waals surface area contributed by atoms with Crippen molar-refractivity contribution in [2.45, 2.75) is 0 Å². The van der Waals surface area contributed by atoms with Crippen LogP contribution in [0.3, 0.4) is 0 Å². The molecule has 30 heavy (non-hydrogen) atoms. The highest BCUT2D eigenvalue weighted by Crippen LogP contribution is 2.41. The summed E-state index contributed by atoms with van der Waals surface area (Å²) in [5.74, 6) is 1.02. The maximum absolute atomic E-state index is 13.0. The number of thioether (sulfide) groups is 1. The number of hydrogen-bond donors (Lipinski definition) is 0. The highest BCUT2D eigenvalue weighted by Gasteiger charge is 2.34. The van der Waals surface area contributed by atoms with E-state index < -0.39 is 5.97 Å². The fourth-order valence-corrected chi connectivity index (χ4v) is 4.60. The van der Waals surface area contributed by atoms with Crippen molar-refractivity contribution in [3.05, 3.63) is 51.3 Å². The van der Waals surface area contributed by atoms with Crippen LogP contribution in [-0.4, -0.2) is 36.7 Å². The first-order valence-corrected chi connectivity index (χ1v) is 10.6. The van der Waals surface area contributed by atoms with E-state index in [0.29, 0.717) is 36.6 Å². The molecule has 0 aromatic heterocycles. The largest absolute Gasteiger partial charge is 0.481 e. The summed E-state index contributed by atoms with van der Waals surface area (Å²) >= 11 is 10.1. The third-order valence-electron chi connectivity index (χ3n) is 4.23. The molecular weight excluding hydrogens is 494 g/mol. The molecule has 1 fully saturated rings. The smallest absolute Gasteiger partial charge is 0.343 e. The van der Waals surface area contributed by atoms with Gasteiger partial charge in [-0.2, -0.15) is 0 Å². The average molecular weight is 508 g/mol.